The monoisotopic (exact) mass is 230 g/mol. The van der Waals surface area contributed by atoms with Gasteiger partial charge in [-0.15, -0.1) is 0 Å². The third-order valence-corrected chi connectivity index (χ3v) is 2.32. The van der Waals surface area contributed by atoms with Gasteiger partial charge < -0.3 is 10.1 Å². The Morgan fingerprint density at radius 3 is 2.94 bits per heavy atom. The Morgan fingerprint density at radius 1 is 1.29 bits per heavy atom. The third-order valence-electron chi connectivity index (χ3n) is 2.32. The lowest BCUT2D eigenvalue weighted by Crippen LogP contribution is -2.17. The van der Waals surface area contributed by atoms with Gasteiger partial charge in [-0.25, -0.2) is 4.98 Å². The maximum Gasteiger partial charge on any atom is 0.325 e. The number of ether oxygens (including phenoxy) is 1. The molecule has 0 saturated heterocycles. The molecule has 0 saturated carbocycles. The van der Waals surface area contributed by atoms with Crippen molar-refractivity contribution >= 4 is 22.7 Å². The Balaban J connectivity index is 2.06. The number of para-hydroxylation sites is 1. The third kappa shape index (κ3) is 2.93. The number of pyridine rings is 1. The van der Waals surface area contributed by atoms with E-state index >= 15 is 0 Å². The number of anilines is 1. The number of aromatic nitrogens is 1. The molecule has 1 heterocycles. The first-order valence-electron chi connectivity index (χ1n) is 5.55. The Hall–Kier alpha value is -2.10. The lowest BCUT2D eigenvalue weighted by atomic mass is 10.2. The zero-order chi connectivity index (χ0) is 12.1. The zero-order valence-corrected chi connectivity index (χ0v) is 9.64. The molecule has 4 heteroatoms. The van der Waals surface area contributed by atoms with Crippen LogP contribution in [-0.4, -0.2) is 24.1 Å². The molecule has 0 bridgehead atoms. The van der Waals surface area contributed by atoms with Crippen molar-refractivity contribution in [2.24, 2.45) is 0 Å². The van der Waals surface area contributed by atoms with E-state index < -0.39 is 0 Å². The number of nitrogens with one attached hydrogen (secondary N) is 1. The van der Waals surface area contributed by atoms with Crippen LogP contribution in [0.1, 0.15) is 6.92 Å². The normalized spacial score (nSPS) is 10.2. The molecule has 0 aliphatic rings. The molecule has 1 aromatic heterocycles. The molecule has 0 radical (unpaired) electrons. The lowest BCUT2D eigenvalue weighted by molar-refractivity contribution is -0.140. The molecular formula is C13H14N2O2. The van der Waals surface area contributed by atoms with Gasteiger partial charge in [0.25, 0.3) is 0 Å². The highest BCUT2D eigenvalue weighted by Crippen LogP contribution is 2.14. The van der Waals surface area contributed by atoms with Crippen LogP contribution in [-0.2, 0) is 9.53 Å². The van der Waals surface area contributed by atoms with Crippen LogP contribution in [0.3, 0.4) is 0 Å². The van der Waals surface area contributed by atoms with Crippen LogP contribution in [0.4, 0.5) is 5.82 Å². The molecule has 2 rings (SSSR count). The van der Waals surface area contributed by atoms with Gasteiger partial charge in [0.1, 0.15) is 12.4 Å². The summed E-state index contributed by atoms with van der Waals surface area (Å²) in [5.74, 6) is 0.402. The van der Waals surface area contributed by atoms with Crippen molar-refractivity contribution in [3.63, 3.8) is 0 Å². The van der Waals surface area contributed by atoms with Crippen LogP contribution >= 0.6 is 0 Å². The van der Waals surface area contributed by atoms with Crippen molar-refractivity contribution in [1.29, 1.82) is 0 Å². The second-order valence-corrected chi connectivity index (χ2v) is 3.55. The number of rotatable bonds is 4. The van der Waals surface area contributed by atoms with Gasteiger partial charge in [-0.05, 0) is 25.1 Å². The minimum absolute atomic E-state index is 0.138. The zero-order valence-electron chi connectivity index (χ0n) is 9.64. The van der Waals surface area contributed by atoms with E-state index in [4.69, 9.17) is 4.74 Å². The molecular weight excluding hydrogens is 216 g/mol. The molecule has 17 heavy (non-hydrogen) atoms. The summed E-state index contributed by atoms with van der Waals surface area (Å²) in [5.41, 5.74) is 0.904. The first-order chi connectivity index (χ1) is 8.29. The summed E-state index contributed by atoms with van der Waals surface area (Å²) >= 11 is 0. The van der Waals surface area contributed by atoms with E-state index in [2.05, 4.69) is 10.3 Å². The quantitative estimate of drug-likeness (QED) is 0.818. The largest absolute Gasteiger partial charge is 0.465 e. The van der Waals surface area contributed by atoms with E-state index in [9.17, 15) is 4.79 Å². The number of nitrogens with zero attached hydrogens (tertiary/aromatic N) is 1. The molecule has 0 fully saturated rings. The number of carbonyl (C=O) groups is 1. The molecule has 0 aliphatic carbocycles. The molecule has 0 aliphatic heterocycles. The number of fused-ring (bicyclic) bond motifs is 1. The van der Waals surface area contributed by atoms with Gasteiger partial charge in [0.2, 0.25) is 0 Å². The molecule has 0 unspecified atom stereocenters. The molecule has 4 nitrogen and oxygen atoms in total. The van der Waals surface area contributed by atoms with E-state index in [0.717, 1.165) is 10.9 Å². The van der Waals surface area contributed by atoms with Crippen molar-refractivity contribution in [2.75, 3.05) is 18.5 Å². The van der Waals surface area contributed by atoms with E-state index in [-0.39, 0.29) is 12.5 Å². The fraction of sp³-hybridized carbons (Fsp3) is 0.231. The van der Waals surface area contributed by atoms with Gasteiger partial charge >= 0.3 is 5.97 Å². The van der Waals surface area contributed by atoms with Crippen LogP contribution in [0.15, 0.2) is 36.4 Å². The molecule has 0 spiro atoms. The van der Waals surface area contributed by atoms with Gasteiger partial charge in [-0.2, -0.15) is 0 Å². The van der Waals surface area contributed by atoms with Crippen LogP contribution < -0.4 is 5.32 Å². The standard InChI is InChI=1S/C13H14N2O2/c1-2-17-13(16)9-14-12-8-7-10-5-3-4-6-11(10)15-12/h3-8H,2,9H2,1H3,(H,14,15). The fourth-order valence-corrected chi connectivity index (χ4v) is 1.54. The molecule has 88 valence electrons. The van der Waals surface area contributed by atoms with Gasteiger partial charge in [0.05, 0.1) is 12.1 Å². The van der Waals surface area contributed by atoms with Gasteiger partial charge in [-0.1, -0.05) is 18.2 Å². The highest BCUT2D eigenvalue weighted by molar-refractivity contribution is 5.81. The molecule has 1 aromatic carbocycles. The first kappa shape index (κ1) is 11.4. The second-order valence-electron chi connectivity index (χ2n) is 3.55. The summed E-state index contributed by atoms with van der Waals surface area (Å²) in [4.78, 5) is 15.6. The van der Waals surface area contributed by atoms with Crippen LogP contribution in [0, 0.1) is 0 Å². The van der Waals surface area contributed by atoms with Gasteiger partial charge in [0.15, 0.2) is 0 Å². The van der Waals surface area contributed by atoms with Crippen LogP contribution in [0.25, 0.3) is 10.9 Å². The Morgan fingerprint density at radius 2 is 2.12 bits per heavy atom. The average molecular weight is 230 g/mol. The number of hydrogen-bond donors (Lipinski definition) is 1. The van der Waals surface area contributed by atoms with Crippen molar-refractivity contribution in [3.8, 4) is 0 Å². The SMILES string of the molecule is CCOC(=O)CNc1ccc2ccccc2n1. The average Bonchev–Trinajstić information content (AvgIpc) is 2.36. The summed E-state index contributed by atoms with van der Waals surface area (Å²) in [5, 5.41) is 4.01. The second kappa shape index (κ2) is 5.30. The predicted octanol–water partition coefficient (Wildman–Crippen LogP) is 2.21. The highest BCUT2D eigenvalue weighted by Gasteiger charge is 2.02. The highest BCUT2D eigenvalue weighted by atomic mass is 16.5. The van der Waals surface area contributed by atoms with Crippen molar-refractivity contribution in [1.82, 2.24) is 4.98 Å². The topological polar surface area (TPSA) is 51.2 Å². The fourth-order valence-electron chi connectivity index (χ4n) is 1.54. The number of hydrogen-bond acceptors (Lipinski definition) is 4. The van der Waals surface area contributed by atoms with E-state index in [1.807, 2.05) is 36.4 Å². The van der Waals surface area contributed by atoms with Crippen molar-refractivity contribution in [3.05, 3.63) is 36.4 Å². The van der Waals surface area contributed by atoms with Gasteiger partial charge in [-0.3, -0.25) is 4.79 Å². The number of esters is 1. The first-order valence-corrected chi connectivity index (χ1v) is 5.55. The van der Waals surface area contributed by atoms with Gasteiger partial charge in [0, 0.05) is 5.39 Å². The molecule has 2 aromatic rings. The molecule has 0 atom stereocenters. The summed E-state index contributed by atoms with van der Waals surface area (Å²) in [6.07, 6.45) is 0. The summed E-state index contributed by atoms with van der Waals surface area (Å²) < 4.78 is 4.82. The maximum atomic E-state index is 11.2. The predicted molar refractivity (Wildman–Crippen MR) is 66.9 cm³/mol. The Kier molecular flexibility index (Phi) is 3.55. The van der Waals surface area contributed by atoms with E-state index in [0.29, 0.717) is 12.4 Å². The summed E-state index contributed by atoms with van der Waals surface area (Å²) in [6.45, 7) is 2.32. The van der Waals surface area contributed by atoms with Crippen LogP contribution in [0.2, 0.25) is 0 Å². The Labute approximate surface area is 99.6 Å². The molecule has 0 amide bonds. The Bertz CT molecular complexity index is 526. The van der Waals surface area contributed by atoms with E-state index in [1.165, 1.54) is 0 Å². The van der Waals surface area contributed by atoms with Crippen molar-refractivity contribution < 1.29 is 9.53 Å². The van der Waals surface area contributed by atoms with Crippen molar-refractivity contribution in [2.45, 2.75) is 6.92 Å². The van der Waals surface area contributed by atoms with Crippen LogP contribution in [0.5, 0.6) is 0 Å². The molecule has 1 N–H and O–H groups in total. The number of carbonyl (C=O) groups excluding carboxylic acids is 1. The lowest BCUT2D eigenvalue weighted by Gasteiger charge is -2.06. The summed E-state index contributed by atoms with van der Waals surface area (Å²) in [6, 6.07) is 11.7. The minimum Gasteiger partial charge on any atom is -0.465 e. The van der Waals surface area contributed by atoms with E-state index in [1.54, 1.807) is 6.92 Å². The smallest absolute Gasteiger partial charge is 0.325 e. The summed E-state index contributed by atoms with van der Waals surface area (Å²) in [7, 11) is 0. The number of benzene rings is 1. The maximum absolute atomic E-state index is 11.2. The minimum atomic E-state index is -0.276.